The number of hydrogen-bond acceptors (Lipinski definition) is 3. The number of aliphatic imine (C=N–C) groups is 1. The molecule has 3 N–H and O–H groups in total. The van der Waals surface area contributed by atoms with Gasteiger partial charge in [0.2, 0.25) is 10.0 Å². The molecule has 0 aromatic heterocycles. The number of halogens is 1. The van der Waals surface area contributed by atoms with Gasteiger partial charge in [0, 0.05) is 26.7 Å². The molecule has 8 heteroatoms. The molecule has 0 bridgehead atoms. The Bertz CT molecular complexity index is 358. The zero-order chi connectivity index (χ0) is 14.2. The summed E-state index contributed by atoms with van der Waals surface area (Å²) in [5.41, 5.74) is 5.66. The molecule has 0 unspecified atom stereocenters. The van der Waals surface area contributed by atoms with Gasteiger partial charge in [-0.25, -0.2) is 12.7 Å². The smallest absolute Gasteiger partial charge is 0.213 e. The highest BCUT2D eigenvalue weighted by Crippen LogP contribution is 1.98. The van der Waals surface area contributed by atoms with Crippen molar-refractivity contribution in [1.82, 2.24) is 9.62 Å². The molecule has 0 radical (unpaired) electrons. The Balaban J connectivity index is 0. The van der Waals surface area contributed by atoms with Crippen molar-refractivity contribution in [2.24, 2.45) is 16.6 Å². The minimum atomic E-state index is -3.08. The molecule has 0 heterocycles. The van der Waals surface area contributed by atoms with Crippen LogP contribution in [0.2, 0.25) is 0 Å². The highest BCUT2D eigenvalue weighted by molar-refractivity contribution is 14.0. The van der Waals surface area contributed by atoms with Crippen molar-refractivity contribution in [3.63, 3.8) is 0 Å². The fraction of sp³-hybridized carbons (Fsp3) is 0.909. The van der Waals surface area contributed by atoms with Gasteiger partial charge in [-0.3, -0.25) is 4.99 Å². The van der Waals surface area contributed by atoms with E-state index in [1.807, 2.05) is 0 Å². The first-order valence-electron chi connectivity index (χ1n) is 6.27. The zero-order valence-corrected chi connectivity index (χ0v) is 15.4. The minimum absolute atomic E-state index is 0. The van der Waals surface area contributed by atoms with E-state index in [1.54, 1.807) is 14.0 Å². The number of sulfonamides is 1. The van der Waals surface area contributed by atoms with Crippen molar-refractivity contribution in [2.45, 2.75) is 27.2 Å². The van der Waals surface area contributed by atoms with E-state index in [-0.39, 0.29) is 29.7 Å². The van der Waals surface area contributed by atoms with Crippen LogP contribution >= 0.6 is 24.0 Å². The van der Waals surface area contributed by atoms with Gasteiger partial charge in [0.1, 0.15) is 0 Å². The predicted octanol–water partition coefficient (Wildman–Crippen LogP) is 0.836. The summed E-state index contributed by atoms with van der Waals surface area (Å²) in [7, 11) is -1.48. The molecule has 0 saturated carbocycles. The van der Waals surface area contributed by atoms with Crippen LogP contribution in [0.5, 0.6) is 0 Å². The number of guanidine groups is 1. The SMILES string of the molecule is CCS(=O)(=O)N(C)CCCNC(N)=NCC(C)C.I. The van der Waals surface area contributed by atoms with Crippen LogP contribution in [0.15, 0.2) is 4.99 Å². The van der Waals surface area contributed by atoms with Gasteiger partial charge in [-0.2, -0.15) is 0 Å². The number of nitrogens with zero attached hydrogens (tertiary/aromatic N) is 2. The topological polar surface area (TPSA) is 87.8 Å². The summed E-state index contributed by atoms with van der Waals surface area (Å²) in [6.07, 6.45) is 0.702. The standard InChI is InChI=1S/C11H26N4O2S.HI/c1-5-18(16,17)15(4)8-6-7-13-11(12)14-9-10(2)3;/h10H,5-9H2,1-4H3,(H3,12,13,14);1H. The second-order valence-electron chi connectivity index (χ2n) is 4.62. The lowest BCUT2D eigenvalue weighted by atomic mass is 10.2. The third-order valence-corrected chi connectivity index (χ3v) is 4.28. The summed E-state index contributed by atoms with van der Waals surface area (Å²) in [6.45, 7) is 7.59. The van der Waals surface area contributed by atoms with Gasteiger partial charge >= 0.3 is 0 Å². The summed E-state index contributed by atoms with van der Waals surface area (Å²) in [4.78, 5) is 4.16. The maximum atomic E-state index is 11.5. The number of nitrogens with two attached hydrogens (primary N) is 1. The van der Waals surface area contributed by atoms with E-state index in [9.17, 15) is 8.42 Å². The van der Waals surface area contributed by atoms with Crippen molar-refractivity contribution in [2.75, 3.05) is 32.4 Å². The van der Waals surface area contributed by atoms with Crippen LogP contribution in [0.3, 0.4) is 0 Å². The van der Waals surface area contributed by atoms with Crippen LogP contribution < -0.4 is 11.1 Å². The summed E-state index contributed by atoms with van der Waals surface area (Å²) >= 11 is 0. The quantitative estimate of drug-likeness (QED) is 0.271. The van der Waals surface area contributed by atoms with Crippen molar-refractivity contribution in [3.8, 4) is 0 Å². The Kier molecular flexibility index (Phi) is 11.9. The fourth-order valence-electron chi connectivity index (χ4n) is 1.21. The van der Waals surface area contributed by atoms with Crippen LogP contribution in [0.1, 0.15) is 27.2 Å². The first-order chi connectivity index (χ1) is 8.29. The molecule has 0 fully saturated rings. The maximum absolute atomic E-state index is 11.5. The highest BCUT2D eigenvalue weighted by Gasteiger charge is 2.13. The number of hydrogen-bond donors (Lipinski definition) is 2. The Morgan fingerprint density at radius 1 is 1.42 bits per heavy atom. The molecule has 19 heavy (non-hydrogen) atoms. The van der Waals surface area contributed by atoms with Gasteiger partial charge in [0.05, 0.1) is 5.75 Å². The second-order valence-corrected chi connectivity index (χ2v) is 6.99. The lowest BCUT2D eigenvalue weighted by Crippen LogP contribution is -2.35. The molecule has 0 saturated heterocycles. The third-order valence-electron chi connectivity index (χ3n) is 2.42. The van der Waals surface area contributed by atoms with E-state index < -0.39 is 10.0 Å². The monoisotopic (exact) mass is 406 g/mol. The largest absolute Gasteiger partial charge is 0.370 e. The normalized spacial score (nSPS) is 12.6. The summed E-state index contributed by atoms with van der Waals surface area (Å²) < 4.78 is 24.3. The van der Waals surface area contributed by atoms with Gasteiger partial charge in [-0.05, 0) is 19.3 Å². The average Bonchev–Trinajstić information content (AvgIpc) is 2.31. The lowest BCUT2D eigenvalue weighted by Gasteiger charge is -2.15. The van der Waals surface area contributed by atoms with E-state index in [1.165, 1.54) is 4.31 Å². The van der Waals surface area contributed by atoms with E-state index in [0.29, 0.717) is 37.9 Å². The van der Waals surface area contributed by atoms with Gasteiger partial charge in [-0.1, -0.05) is 13.8 Å². The van der Waals surface area contributed by atoms with Crippen molar-refractivity contribution in [3.05, 3.63) is 0 Å². The van der Waals surface area contributed by atoms with E-state index in [0.717, 1.165) is 0 Å². The Morgan fingerprint density at radius 3 is 2.47 bits per heavy atom. The maximum Gasteiger partial charge on any atom is 0.213 e. The minimum Gasteiger partial charge on any atom is -0.370 e. The number of nitrogens with one attached hydrogen (secondary N) is 1. The molecular weight excluding hydrogens is 379 g/mol. The highest BCUT2D eigenvalue weighted by atomic mass is 127. The van der Waals surface area contributed by atoms with Gasteiger partial charge in [0.15, 0.2) is 5.96 Å². The molecule has 0 rings (SSSR count). The van der Waals surface area contributed by atoms with E-state index >= 15 is 0 Å². The first-order valence-corrected chi connectivity index (χ1v) is 7.88. The molecule has 0 aliphatic heterocycles. The Labute approximate surface area is 134 Å². The summed E-state index contributed by atoms with van der Waals surface area (Å²) in [5.74, 6) is 1.03. The Hall–Kier alpha value is -0.0900. The average molecular weight is 406 g/mol. The van der Waals surface area contributed by atoms with E-state index in [4.69, 9.17) is 5.73 Å². The van der Waals surface area contributed by atoms with Gasteiger partial charge in [-0.15, -0.1) is 24.0 Å². The lowest BCUT2D eigenvalue weighted by molar-refractivity contribution is 0.461. The van der Waals surface area contributed by atoms with Crippen LogP contribution in [0.25, 0.3) is 0 Å². The van der Waals surface area contributed by atoms with Crippen LogP contribution in [0, 0.1) is 5.92 Å². The molecule has 0 aromatic carbocycles. The van der Waals surface area contributed by atoms with Crippen molar-refractivity contribution >= 4 is 40.0 Å². The Morgan fingerprint density at radius 2 is 2.00 bits per heavy atom. The van der Waals surface area contributed by atoms with Crippen LogP contribution in [-0.2, 0) is 10.0 Å². The summed E-state index contributed by atoms with van der Waals surface area (Å²) in [5, 5.41) is 2.97. The number of rotatable bonds is 8. The van der Waals surface area contributed by atoms with Gasteiger partial charge in [0.25, 0.3) is 0 Å². The second kappa shape index (κ2) is 10.7. The summed E-state index contributed by atoms with van der Waals surface area (Å²) in [6, 6.07) is 0. The van der Waals surface area contributed by atoms with Crippen molar-refractivity contribution in [1.29, 1.82) is 0 Å². The fourth-order valence-corrected chi connectivity index (χ4v) is 2.06. The van der Waals surface area contributed by atoms with Crippen LogP contribution in [-0.4, -0.2) is 51.1 Å². The van der Waals surface area contributed by atoms with E-state index in [2.05, 4.69) is 24.2 Å². The van der Waals surface area contributed by atoms with Gasteiger partial charge < -0.3 is 11.1 Å². The van der Waals surface area contributed by atoms with Crippen molar-refractivity contribution < 1.29 is 8.42 Å². The third kappa shape index (κ3) is 10.4. The molecule has 0 amide bonds. The zero-order valence-electron chi connectivity index (χ0n) is 12.2. The molecule has 0 aliphatic carbocycles. The molecule has 0 aliphatic rings. The van der Waals surface area contributed by atoms with Crippen LogP contribution in [0.4, 0.5) is 0 Å². The molecule has 6 nitrogen and oxygen atoms in total. The molecule has 0 spiro atoms. The first kappa shape index (κ1) is 21.2. The molecule has 0 atom stereocenters. The molecular formula is C11H27IN4O2S. The molecule has 0 aromatic rings. The predicted molar refractivity (Wildman–Crippen MR) is 91.5 cm³/mol. The molecule has 116 valence electrons.